The van der Waals surface area contributed by atoms with Crippen molar-refractivity contribution in [2.24, 2.45) is 0 Å². The van der Waals surface area contributed by atoms with Crippen LogP contribution in [0, 0.1) is 0 Å². The molecule has 2 aliphatic heterocycles. The molecule has 0 saturated carbocycles. The average molecular weight is 271 g/mol. The number of rotatable bonds is 5. The van der Waals surface area contributed by atoms with E-state index in [1.807, 2.05) is 11.8 Å². The van der Waals surface area contributed by atoms with Gasteiger partial charge in [-0.3, -0.25) is 4.79 Å². The van der Waals surface area contributed by atoms with Gasteiger partial charge in [-0.05, 0) is 31.6 Å². The Morgan fingerprint density at radius 2 is 2.17 bits per heavy atom. The van der Waals surface area contributed by atoms with E-state index in [-0.39, 0.29) is 11.2 Å². The summed E-state index contributed by atoms with van der Waals surface area (Å²) in [5.41, 5.74) is 0. The largest absolute Gasteiger partial charge is 0.355 e. The highest BCUT2D eigenvalue weighted by Gasteiger charge is 2.21. The quantitative estimate of drug-likeness (QED) is 0.722. The van der Waals surface area contributed by atoms with Gasteiger partial charge in [-0.25, -0.2) is 0 Å². The first-order chi connectivity index (χ1) is 8.86. The minimum Gasteiger partial charge on any atom is -0.355 e. The van der Waals surface area contributed by atoms with Crippen LogP contribution in [0.1, 0.15) is 25.7 Å². The van der Waals surface area contributed by atoms with Crippen LogP contribution < -0.4 is 10.6 Å². The SMILES string of the molecule is O=C(NCCCN1CCNCC1)C1CCCCS1. The Morgan fingerprint density at radius 1 is 1.33 bits per heavy atom. The highest BCUT2D eigenvalue weighted by Crippen LogP contribution is 2.24. The summed E-state index contributed by atoms with van der Waals surface area (Å²) in [4.78, 5) is 14.4. The molecule has 2 saturated heterocycles. The van der Waals surface area contributed by atoms with Crippen LogP contribution in [0.15, 0.2) is 0 Å². The molecule has 1 atom stereocenters. The Balaban J connectivity index is 1.52. The van der Waals surface area contributed by atoms with Crippen LogP contribution in [-0.4, -0.2) is 61.1 Å². The fraction of sp³-hybridized carbons (Fsp3) is 0.923. The first kappa shape index (κ1) is 14.2. The van der Waals surface area contributed by atoms with Gasteiger partial charge in [0.1, 0.15) is 0 Å². The zero-order chi connectivity index (χ0) is 12.6. The van der Waals surface area contributed by atoms with Crippen LogP contribution in [0.3, 0.4) is 0 Å². The molecule has 0 spiro atoms. The number of piperazine rings is 1. The number of amides is 1. The molecule has 5 heteroatoms. The second kappa shape index (κ2) is 8.02. The molecule has 1 amide bonds. The van der Waals surface area contributed by atoms with Crippen molar-refractivity contribution in [1.29, 1.82) is 0 Å². The Morgan fingerprint density at radius 3 is 2.89 bits per heavy atom. The van der Waals surface area contributed by atoms with Gasteiger partial charge in [-0.2, -0.15) is 0 Å². The van der Waals surface area contributed by atoms with E-state index in [0.717, 1.165) is 57.9 Å². The normalized spacial score (nSPS) is 25.9. The van der Waals surface area contributed by atoms with E-state index in [4.69, 9.17) is 0 Å². The predicted molar refractivity (Wildman–Crippen MR) is 77.0 cm³/mol. The highest BCUT2D eigenvalue weighted by molar-refractivity contribution is 8.00. The third-order valence-corrected chi connectivity index (χ3v) is 5.01. The van der Waals surface area contributed by atoms with Gasteiger partial charge in [0.25, 0.3) is 0 Å². The molecule has 2 rings (SSSR count). The van der Waals surface area contributed by atoms with Gasteiger partial charge < -0.3 is 15.5 Å². The molecular weight excluding hydrogens is 246 g/mol. The summed E-state index contributed by atoms with van der Waals surface area (Å²) in [6.45, 7) is 6.44. The lowest BCUT2D eigenvalue weighted by atomic mass is 10.2. The molecule has 0 radical (unpaired) electrons. The molecule has 0 aromatic rings. The van der Waals surface area contributed by atoms with Crippen LogP contribution in [0.25, 0.3) is 0 Å². The number of nitrogens with zero attached hydrogens (tertiary/aromatic N) is 1. The van der Waals surface area contributed by atoms with Crippen LogP contribution >= 0.6 is 11.8 Å². The molecule has 0 aliphatic carbocycles. The second-order valence-corrected chi connectivity index (χ2v) is 6.40. The molecule has 0 aromatic heterocycles. The third kappa shape index (κ3) is 4.78. The summed E-state index contributed by atoms with van der Waals surface area (Å²) < 4.78 is 0. The van der Waals surface area contributed by atoms with E-state index in [9.17, 15) is 4.79 Å². The van der Waals surface area contributed by atoms with Crippen molar-refractivity contribution in [3.8, 4) is 0 Å². The van der Waals surface area contributed by atoms with E-state index >= 15 is 0 Å². The summed E-state index contributed by atoms with van der Waals surface area (Å²) in [6.07, 6.45) is 4.63. The van der Waals surface area contributed by atoms with Gasteiger partial charge in [0.2, 0.25) is 5.91 Å². The number of hydrogen-bond donors (Lipinski definition) is 2. The van der Waals surface area contributed by atoms with E-state index in [2.05, 4.69) is 15.5 Å². The average Bonchev–Trinajstić information content (AvgIpc) is 2.45. The lowest BCUT2D eigenvalue weighted by molar-refractivity contribution is -0.120. The molecular formula is C13H25N3OS. The second-order valence-electron chi connectivity index (χ2n) is 5.09. The van der Waals surface area contributed by atoms with Crippen molar-refractivity contribution in [2.45, 2.75) is 30.9 Å². The van der Waals surface area contributed by atoms with Crippen molar-refractivity contribution < 1.29 is 4.79 Å². The molecule has 2 aliphatic rings. The van der Waals surface area contributed by atoms with Gasteiger partial charge in [-0.1, -0.05) is 6.42 Å². The number of nitrogens with one attached hydrogen (secondary N) is 2. The van der Waals surface area contributed by atoms with Crippen LogP contribution in [-0.2, 0) is 4.79 Å². The van der Waals surface area contributed by atoms with E-state index in [1.165, 1.54) is 12.8 Å². The van der Waals surface area contributed by atoms with Gasteiger partial charge in [-0.15, -0.1) is 11.8 Å². The van der Waals surface area contributed by atoms with E-state index in [1.54, 1.807) is 0 Å². The minimum absolute atomic E-state index is 0.220. The number of carbonyl (C=O) groups excluding carboxylic acids is 1. The summed E-state index contributed by atoms with van der Waals surface area (Å²) >= 11 is 1.83. The molecule has 2 N–H and O–H groups in total. The maximum absolute atomic E-state index is 11.9. The fourth-order valence-corrected chi connectivity index (χ4v) is 3.73. The number of thioether (sulfide) groups is 1. The molecule has 2 heterocycles. The molecule has 0 bridgehead atoms. The number of hydrogen-bond acceptors (Lipinski definition) is 4. The van der Waals surface area contributed by atoms with Crippen LogP contribution in [0.2, 0.25) is 0 Å². The minimum atomic E-state index is 0.220. The first-order valence-electron chi connectivity index (χ1n) is 7.18. The van der Waals surface area contributed by atoms with E-state index < -0.39 is 0 Å². The van der Waals surface area contributed by atoms with Crippen molar-refractivity contribution in [2.75, 3.05) is 45.0 Å². The lowest BCUT2D eigenvalue weighted by Gasteiger charge is -2.27. The topological polar surface area (TPSA) is 44.4 Å². The van der Waals surface area contributed by atoms with Crippen molar-refractivity contribution >= 4 is 17.7 Å². The molecule has 1 unspecified atom stereocenters. The standard InChI is InChI=1S/C13H25N3OS/c17-13(12-4-1-2-11-18-12)15-5-3-8-16-9-6-14-7-10-16/h12,14H,1-11H2,(H,15,17). The molecule has 0 aromatic carbocycles. The zero-order valence-corrected chi connectivity index (χ0v) is 11.9. The Kier molecular flexibility index (Phi) is 6.31. The maximum Gasteiger partial charge on any atom is 0.233 e. The Labute approximate surface area is 114 Å². The monoisotopic (exact) mass is 271 g/mol. The summed E-state index contributed by atoms with van der Waals surface area (Å²) in [7, 11) is 0. The first-order valence-corrected chi connectivity index (χ1v) is 8.23. The van der Waals surface area contributed by atoms with Crippen molar-refractivity contribution in [3.05, 3.63) is 0 Å². The van der Waals surface area contributed by atoms with Gasteiger partial charge in [0.05, 0.1) is 5.25 Å². The van der Waals surface area contributed by atoms with Crippen LogP contribution in [0.5, 0.6) is 0 Å². The van der Waals surface area contributed by atoms with Crippen molar-refractivity contribution in [1.82, 2.24) is 15.5 Å². The maximum atomic E-state index is 11.9. The summed E-state index contributed by atoms with van der Waals surface area (Å²) in [5.74, 6) is 1.42. The third-order valence-electron chi connectivity index (χ3n) is 3.63. The fourth-order valence-electron chi connectivity index (χ4n) is 2.51. The smallest absolute Gasteiger partial charge is 0.233 e. The van der Waals surface area contributed by atoms with E-state index in [0.29, 0.717) is 0 Å². The van der Waals surface area contributed by atoms with Gasteiger partial charge in [0, 0.05) is 32.7 Å². The molecule has 18 heavy (non-hydrogen) atoms. The zero-order valence-electron chi connectivity index (χ0n) is 11.1. The van der Waals surface area contributed by atoms with Crippen molar-refractivity contribution in [3.63, 3.8) is 0 Å². The lowest BCUT2D eigenvalue weighted by Crippen LogP contribution is -2.44. The highest BCUT2D eigenvalue weighted by atomic mass is 32.2. The molecule has 2 fully saturated rings. The Hall–Kier alpha value is -0.260. The predicted octanol–water partition coefficient (Wildman–Crippen LogP) is 0.684. The Bertz CT molecular complexity index is 251. The summed E-state index contributed by atoms with van der Waals surface area (Å²) in [5, 5.41) is 6.66. The van der Waals surface area contributed by atoms with Gasteiger partial charge in [0.15, 0.2) is 0 Å². The molecule has 104 valence electrons. The van der Waals surface area contributed by atoms with Crippen LogP contribution in [0.4, 0.5) is 0 Å². The number of carbonyl (C=O) groups is 1. The summed E-state index contributed by atoms with van der Waals surface area (Å²) in [6, 6.07) is 0. The molecule has 4 nitrogen and oxygen atoms in total. The van der Waals surface area contributed by atoms with Gasteiger partial charge >= 0.3 is 0 Å².